The molecule has 2 heterocycles. The SMILES string of the molecule is Nc1cc2nc(Cl)ccn2n1. The number of hydrogen-bond acceptors (Lipinski definition) is 3. The van der Waals surface area contributed by atoms with Crippen LogP contribution < -0.4 is 5.73 Å². The summed E-state index contributed by atoms with van der Waals surface area (Å²) in [6.45, 7) is 0. The number of hydrogen-bond donors (Lipinski definition) is 1. The summed E-state index contributed by atoms with van der Waals surface area (Å²) in [5.74, 6) is 0.444. The van der Waals surface area contributed by atoms with Gasteiger partial charge >= 0.3 is 0 Å². The molecule has 0 bridgehead atoms. The van der Waals surface area contributed by atoms with E-state index in [1.54, 1.807) is 22.8 Å². The van der Waals surface area contributed by atoms with E-state index in [2.05, 4.69) is 10.1 Å². The minimum absolute atomic E-state index is 0.442. The lowest BCUT2D eigenvalue weighted by molar-refractivity contribution is 0.945. The van der Waals surface area contributed by atoms with Crippen LogP contribution in [-0.2, 0) is 0 Å². The highest BCUT2D eigenvalue weighted by molar-refractivity contribution is 6.29. The van der Waals surface area contributed by atoms with Crippen LogP contribution >= 0.6 is 11.6 Å². The number of anilines is 1. The van der Waals surface area contributed by atoms with E-state index in [9.17, 15) is 0 Å². The molecule has 2 N–H and O–H groups in total. The molecular formula is C6H5ClN4. The average Bonchev–Trinajstić information content (AvgIpc) is 2.27. The van der Waals surface area contributed by atoms with Gasteiger partial charge in [-0.25, -0.2) is 9.50 Å². The minimum Gasteiger partial charge on any atom is -0.382 e. The first-order valence-corrected chi connectivity index (χ1v) is 3.41. The Hall–Kier alpha value is -1.29. The van der Waals surface area contributed by atoms with Crippen LogP contribution in [0.3, 0.4) is 0 Å². The van der Waals surface area contributed by atoms with Crippen molar-refractivity contribution < 1.29 is 0 Å². The highest BCUT2D eigenvalue weighted by Crippen LogP contribution is 2.08. The molecule has 0 radical (unpaired) electrons. The molecule has 56 valence electrons. The van der Waals surface area contributed by atoms with E-state index in [0.29, 0.717) is 16.6 Å². The van der Waals surface area contributed by atoms with Gasteiger partial charge in [-0.2, -0.15) is 0 Å². The summed E-state index contributed by atoms with van der Waals surface area (Å²) in [7, 11) is 0. The Kier molecular flexibility index (Phi) is 1.22. The quantitative estimate of drug-likeness (QED) is 0.597. The summed E-state index contributed by atoms with van der Waals surface area (Å²) < 4.78 is 1.57. The smallest absolute Gasteiger partial charge is 0.158 e. The Morgan fingerprint density at radius 3 is 3.18 bits per heavy atom. The van der Waals surface area contributed by atoms with Crippen molar-refractivity contribution in [2.24, 2.45) is 0 Å². The molecule has 0 amide bonds. The van der Waals surface area contributed by atoms with Gasteiger partial charge in [0.1, 0.15) is 11.0 Å². The molecule has 2 aromatic rings. The predicted octanol–water partition coefficient (Wildman–Crippen LogP) is 0.965. The molecular weight excluding hydrogens is 164 g/mol. The Labute approximate surface area is 67.6 Å². The van der Waals surface area contributed by atoms with Gasteiger partial charge in [-0.3, -0.25) is 0 Å². The first-order chi connectivity index (χ1) is 5.25. The molecule has 0 aliphatic carbocycles. The van der Waals surface area contributed by atoms with Gasteiger partial charge in [0, 0.05) is 12.3 Å². The Morgan fingerprint density at radius 1 is 1.55 bits per heavy atom. The number of aromatic nitrogens is 3. The number of nitrogens with zero attached hydrogens (tertiary/aromatic N) is 3. The maximum absolute atomic E-state index is 5.63. The van der Waals surface area contributed by atoms with Crippen LogP contribution in [0.25, 0.3) is 5.65 Å². The van der Waals surface area contributed by atoms with Gasteiger partial charge in [0.2, 0.25) is 0 Å². The van der Waals surface area contributed by atoms with E-state index in [1.807, 2.05) is 0 Å². The Balaban J connectivity index is 2.82. The third-order valence-corrected chi connectivity index (χ3v) is 1.52. The second-order valence-corrected chi connectivity index (χ2v) is 2.51. The molecule has 5 heteroatoms. The zero-order valence-electron chi connectivity index (χ0n) is 5.53. The fraction of sp³-hybridized carbons (Fsp3) is 0. The number of nitrogens with two attached hydrogens (primary N) is 1. The maximum Gasteiger partial charge on any atom is 0.158 e. The van der Waals surface area contributed by atoms with Crippen LogP contribution in [0.4, 0.5) is 5.82 Å². The van der Waals surface area contributed by atoms with Crippen LogP contribution in [-0.4, -0.2) is 14.6 Å². The van der Waals surface area contributed by atoms with Crippen molar-refractivity contribution in [3.8, 4) is 0 Å². The molecule has 2 rings (SSSR count). The third-order valence-electron chi connectivity index (χ3n) is 1.31. The van der Waals surface area contributed by atoms with E-state index in [0.717, 1.165) is 0 Å². The molecule has 0 aromatic carbocycles. The first kappa shape index (κ1) is 6.42. The van der Waals surface area contributed by atoms with Crippen LogP contribution in [0.1, 0.15) is 0 Å². The first-order valence-electron chi connectivity index (χ1n) is 3.03. The second kappa shape index (κ2) is 2.10. The van der Waals surface area contributed by atoms with Gasteiger partial charge in [-0.1, -0.05) is 11.6 Å². The van der Waals surface area contributed by atoms with E-state index in [-0.39, 0.29) is 0 Å². The van der Waals surface area contributed by atoms with E-state index >= 15 is 0 Å². The molecule has 0 aliphatic rings. The summed E-state index contributed by atoms with van der Waals surface area (Å²) >= 11 is 5.63. The van der Waals surface area contributed by atoms with Gasteiger partial charge in [-0.05, 0) is 6.07 Å². The van der Waals surface area contributed by atoms with Gasteiger partial charge < -0.3 is 5.73 Å². The minimum atomic E-state index is 0.442. The Morgan fingerprint density at radius 2 is 2.36 bits per heavy atom. The zero-order valence-corrected chi connectivity index (χ0v) is 6.28. The maximum atomic E-state index is 5.63. The van der Waals surface area contributed by atoms with Crippen LogP contribution in [0, 0.1) is 0 Å². The Bertz CT molecular complexity index is 394. The fourth-order valence-corrected chi connectivity index (χ4v) is 1.02. The lowest BCUT2D eigenvalue weighted by Crippen LogP contribution is -1.89. The topological polar surface area (TPSA) is 56.2 Å². The predicted molar refractivity (Wildman–Crippen MR) is 42.4 cm³/mol. The van der Waals surface area contributed by atoms with Crippen molar-refractivity contribution in [3.05, 3.63) is 23.5 Å². The van der Waals surface area contributed by atoms with Crippen molar-refractivity contribution in [3.63, 3.8) is 0 Å². The van der Waals surface area contributed by atoms with Crippen LogP contribution in [0.15, 0.2) is 18.3 Å². The second-order valence-electron chi connectivity index (χ2n) is 2.12. The van der Waals surface area contributed by atoms with Crippen LogP contribution in [0.2, 0.25) is 5.15 Å². The van der Waals surface area contributed by atoms with Crippen molar-refractivity contribution in [1.29, 1.82) is 0 Å². The highest BCUT2D eigenvalue weighted by atomic mass is 35.5. The summed E-state index contributed by atoms with van der Waals surface area (Å²) in [4.78, 5) is 3.98. The fourth-order valence-electron chi connectivity index (χ4n) is 0.875. The van der Waals surface area contributed by atoms with E-state index < -0.39 is 0 Å². The monoisotopic (exact) mass is 168 g/mol. The number of nitrogen functional groups attached to an aromatic ring is 1. The zero-order chi connectivity index (χ0) is 7.84. The highest BCUT2D eigenvalue weighted by Gasteiger charge is 1.98. The van der Waals surface area contributed by atoms with E-state index in [4.69, 9.17) is 17.3 Å². The molecule has 0 fully saturated rings. The molecule has 0 saturated heterocycles. The van der Waals surface area contributed by atoms with Gasteiger partial charge in [0.25, 0.3) is 0 Å². The molecule has 4 nitrogen and oxygen atoms in total. The lowest BCUT2D eigenvalue weighted by Gasteiger charge is -1.89. The van der Waals surface area contributed by atoms with Crippen molar-refractivity contribution >= 4 is 23.1 Å². The molecule has 11 heavy (non-hydrogen) atoms. The summed E-state index contributed by atoms with van der Waals surface area (Å²) in [5.41, 5.74) is 6.09. The third kappa shape index (κ3) is 1.01. The van der Waals surface area contributed by atoms with Crippen molar-refractivity contribution in [2.75, 3.05) is 5.73 Å². The standard InChI is InChI=1S/C6H5ClN4/c7-4-1-2-11-6(9-4)3-5(8)10-11/h1-3H,(H2,8,10). The van der Waals surface area contributed by atoms with Crippen LogP contribution in [0.5, 0.6) is 0 Å². The summed E-state index contributed by atoms with van der Waals surface area (Å²) in [6.07, 6.45) is 1.71. The van der Waals surface area contributed by atoms with Crippen molar-refractivity contribution in [2.45, 2.75) is 0 Å². The normalized spacial score (nSPS) is 10.6. The molecule has 0 saturated carbocycles. The molecule has 2 aromatic heterocycles. The molecule has 0 aliphatic heterocycles. The number of halogens is 1. The van der Waals surface area contributed by atoms with Gasteiger partial charge in [0.15, 0.2) is 5.65 Å². The van der Waals surface area contributed by atoms with Gasteiger partial charge in [0.05, 0.1) is 0 Å². The summed E-state index contributed by atoms with van der Waals surface area (Å²) in [5, 5.41) is 4.37. The van der Waals surface area contributed by atoms with Crippen molar-refractivity contribution in [1.82, 2.24) is 14.6 Å². The molecule has 0 spiro atoms. The lowest BCUT2D eigenvalue weighted by atomic mass is 10.6. The number of rotatable bonds is 0. The largest absolute Gasteiger partial charge is 0.382 e. The number of fused-ring (bicyclic) bond motifs is 1. The molecule has 0 atom stereocenters. The average molecular weight is 169 g/mol. The van der Waals surface area contributed by atoms with Gasteiger partial charge in [-0.15, -0.1) is 5.10 Å². The molecule has 0 unspecified atom stereocenters. The van der Waals surface area contributed by atoms with E-state index in [1.165, 1.54) is 0 Å². The summed E-state index contributed by atoms with van der Waals surface area (Å²) in [6, 6.07) is 3.31.